The summed E-state index contributed by atoms with van der Waals surface area (Å²) < 4.78 is 30.5. The summed E-state index contributed by atoms with van der Waals surface area (Å²) in [5, 5.41) is 0. The van der Waals surface area contributed by atoms with Gasteiger partial charge in [0.05, 0.1) is 34.8 Å². The quantitative estimate of drug-likeness (QED) is 0.113. The van der Waals surface area contributed by atoms with E-state index in [1.807, 2.05) is 0 Å². The molecule has 0 heterocycles. The van der Waals surface area contributed by atoms with Crippen LogP contribution in [0.3, 0.4) is 0 Å². The summed E-state index contributed by atoms with van der Waals surface area (Å²) in [5.41, 5.74) is 0. The molecular formula is C24H53O3PS. The molecule has 0 N–H and O–H groups in total. The molecule has 0 saturated carbocycles. The first-order valence-electron chi connectivity index (χ1n) is 12.6. The van der Waals surface area contributed by atoms with E-state index in [0.717, 1.165) is 19.3 Å². The van der Waals surface area contributed by atoms with Crippen molar-refractivity contribution < 1.29 is 13.0 Å². The molecule has 0 aliphatic heterocycles. The van der Waals surface area contributed by atoms with E-state index < -0.39 is 17.4 Å². The predicted octanol–water partition coefficient (Wildman–Crippen LogP) is 8.10. The van der Waals surface area contributed by atoms with Crippen molar-refractivity contribution in [1.82, 2.24) is 0 Å². The molecule has 29 heavy (non-hydrogen) atoms. The lowest BCUT2D eigenvalue weighted by atomic mass is 10.1. The summed E-state index contributed by atoms with van der Waals surface area (Å²) in [6, 6.07) is 0. The number of hydrogen-bond donors (Lipinski definition) is 0. The number of rotatable bonds is 19. The van der Waals surface area contributed by atoms with Gasteiger partial charge < -0.3 is 4.55 Å². The van der Waals surface area contributed by atoms with Gasteiger partial charge in [-0.3, -0.25) is 0 Å². The normalized spacial score (nSPS) is 11.9. The Morgan fingerprint density at radius 3 is 1.14 bits per heavy atom. The highest BCUT2D eigenvalue weighted by atomic mass is 32.2. The Morgan fingerprint density at radius 2 is 0.828 bits per heavy atom. The van der Waals surface area contributed by atoms with Crippen LogP contribution in [0.15, 0.2) is 0 Å². The summed E-state index contributed by atoms with van der Waals surface area (Å²) in [4.78, 5) is 0. The molecule has 0 aromatic rings. The highest BCUT2D eigenvalue weighted by Crippen LogP contribution is 2.61. The Morgan fingerprint density at radius 1 is 0.517 bits per heavy atom. The van der Waals surface area contributed by atoms with Crippen molar-refractivity contribution in [2.24, 2.45) is 0 Å². The minimum absolute atomic E-state index is 0.195. The van der Waals surface area contributed by atoms with E-state index in [1.54, 1.807) is 24.6 Å². The molecular weight excluding hydrogens is 399 g/mol. The second-order valence-corrected chi connectivity index (χ2v) is 14.7. The summed E-state index contributed by atoms with van der Waals surface area (Å²) in [5.74, 6) is -0.195. The molecule has 0 rings (SSSR count). The van der Waals surface area contributed by atoms with Crippen LogP contribution in [0.5, 0.6) is 0 Å². The van der Waals surface area contributed by atoms with Gasteiger partial charge in [0, 0.05) is 13.0 Å². The van der Waals surface area contributed by atoms with Crippen LogP contribution in [0.4, 0.5) is 0 Å². The smallest absolute Gasteiger partial charge is 0.0945 e. The first-order valence-corrected chi connectivity index (χ1v) is 16.7. The SMILES string of the molecule is CCCCCCCCS(=O)(=O)[O-].CCCC[P+](CCCC)(CCCC)CCCC. The minimum atomic E-state index is -3.97. The average Bonchev–Trinajstić information content (AvgIpc) is 2.69. The van der Waals surface area contributed by atoms with Gasteiger partial charge in [-0.25, -0.2) is 8.42 Å². The van der Waals surface area contributed by atoms with E-state index in [9.17, 15) is 13.0 Å². The van der Waals surface area contributed by atoms with Crippen molar-refractivity contribution in [3.05, 3.63) is 0 Å². The van der Waals surface area contributed by atoms with Crippen molar-refractivity contribution in [3.8, 4) is 0 Å². The molecule has 0 radical (unpaired) electrons. The van der Waals surface area contributed by atoms with Crippen molar-refractivity contribution >= 4 is 17.4 Å². The van der Waals surface area contributed by atoms with Gasteiger partial charge >= 0.3 is 0 Å². The van der Waals surface area contributed by atoms with E-state index in [-0.39, 0.29) is 5.75 Å². The third-order valence-electron chi connectivity index (χ3n) is 5.69. The molecule has 0 saturated heterocycles. The largest absolute Gasteiger partial charge is 0.748 e. The maximum absolute atomic E-state index is 10.2. The van der Waals surface area contributed by atoms with E-state index >= 15 is 0 Å². The zero-order valence-corrected chi connectivity index (χ0v) is 22.2. The van der Waals surface area contributed by atoms with Gasteiger partial charge in [0.15, 0.2) is 0 Å². The molecule has 0 bridgehead atoms. The van der Waals surface area contributed by atoms with Crippen molar-refractivity contribution in [3.63, 3.8) is 0 Å². The molecule has 0 aliphatic carbocycles. The van der Waals surface area contributed by atoms with Gasteiger partial charge in [-0.15, -0.1) is 0 Å². The Bertz CT molecular complexity index is 386. The van der Waals surface area contributed by atoms with E-state index in [4.69, 9.17) is 0 Å². The van der Waals surface area contributed by atoms with Crippen LogP contribution < -0.4 is 0 Å². The van der Waals surface area contributed by atoms with Gasteiger partial charge in [-0.2, -0.15) is 0 Å². The topological polar surface area (TPSA) is 57.2 Å². The average molecular weight is 453 g/mol. The summed E-state index contributed by atoms with van der Waals surface area (Å²) in [7, 11) is -4.53. The van der Waals surface area contributed by atoms with Crippen molar-refractivity contribution in [2.45, 2.75) is 125 Å². The Hall–Kier alpha value is 0.340. The van der Waals surface area contributed by atoms with Crippen LogP contribution in [0.25, 0.3) is 0 Å². The summed E-state index contributed by atoms with van der Waals surface area (Å²) >= 11 is 0. The molecule has 5 heteroatoms. The van der Waals surface area contributed by atoms with Gasteiger partial charge in [0.2, 0.25) is 0 Å². The first-order chi connectivity index (χ1) is 13.8. The lowest BCUT2D eigenvalue weighted by Gasteiger charge is -2.28. The van der Waals surface area contributed by atoms with Crippen molar-refractivity contribution in [1.29, 1.82) is 0 Å². The number of hydrogen-bond acceptors (Lipinski definition) is 3. The molecule has 0 aliphatic rings. The minimum Gasteiger partial charge on any atom is -0.748 e. The van der Waals surface area contributed by atoms with Gasteiger partial charge in [0.25, 0.3) is 0 Å². The van der Waals surface area contributed by atoms with E-state index in [2.05, 4.69) is 34.6 Å². The van der Waals surface area contributed by atoms with Crippen LogP contribution >= 0.6 is 7.26 Å². The zero-order chi connectivity index (χ0) is 22.4. The molecule has 0 amide bonds. The lowest BCUT2D eigenvalue weighted by Crippen LogP contribution is -2.12. The number of unbranched alkanes of at least 4 members (excludes halogenated alkanes) is 9. The maximum Gasteiger partial charge on any atom is 0.0945 e. The highest BCUT2D eigenvalue weighted by Gasteiger charge is 2.34. The first kappa shape index (κ1) is 31.5. The van der Waals surface area contributed by atoms with Crippen LogP contribution in [-0.4, -0.2) is 43.4 Å². The van der Waals surface area contributed by atoms with E-state index in [0.29, 0.717) is 6.42 Å². The summed E-state index contributed by atoms with van der Waals surface area (Å²) in [6.07, 6.45) is 23.9. The molecule has 3 nitrogen and oxygen atoms in total. The van der Waals surface area contributed by atoms with E-state index in [1.165, 1.54) is 64.2 Å². The van der Waals surface area contributed by atoms with Gasteiger partial charge in [0.1, 0.15) is 0 Å². The molecule has 0 aromatic heterocycles. The third-order valence-corrected chi connectivity index (χ3v) is 11.5. The Balaban J connectivity index is 0. The van der Waals surface area contributed by atoms with Crippen LogP contribution in [0.2, 0.25) is 0 Å². The van der Waals surface area contributed by atoms with Gasteiger partial charge in [-0.1, -0.05) is 92.4 Å². The van der Waals surface area contributed by atoms with Crippen molar-refractivity contribution in [2.75, 3.05) is 30.4 Å². The third kappa shape index (κ3) is 22.8. The molecule has 178 valence electrons. The second-order valence-electron chi connectivity index (χ2n) is 8.68. The highest BCUT2D eigenvalue weighted by molar-refractivity contribution is 7.85. The van der Waals surface area contributed by atoms with Crippen LogP contribution in [0.1, 0.15) is 125 Å². The molecule has 0 fully saturated rings. The molecule has 0 atom stereocenters. The maximum atomic E-state index is 10.2. The Labute approximate surface area is 185 Å². The fourth-order valence-corrected chi connectivity index (χ4v) is 9.55. The fourth-order valence-electron chi connectivity index (χ4n) is 3.70. The lowest BCUT2D eigenvalue weighted by molar-refractivity contribution is 0.459. The standard InChI is InChI=1S/C16H36P.C8H18O3S/c1-5-9-13-17(14-10-6-2,15-11-7-3)16-12-8-4;1-2-3-4-5-6-7-8-12(9,10)11/h5-16H2,1-4H3;2-8H2,1H3,(H,9,10,11)/q+1;/p-1. The second kappa shape index (κ2) is 21.6. The fraction of sp³-hybridized carbons (Fsp3) is 1.00. The molecule has 0 aromatic carbocycles. The van der Waals surface area contributed by atoms with Crippen LogP contribution in [0, 0.1) is 0 Å². The predicted molar refractivity (Wildman–Crippen MR) is 134 cm³/mol. The monoisotopic (exact) mass is 452 g/mol. The van der Waals surface area contributed by atoms with Crippen LogP contribution in [-0.2, 0) is 10.1 Å². The summed E-state index contributed by atoms with van der Waals surface area (Å²) in [6.45, 7) is 11.5. The molecule has 0 spiro atoms. The van der Waals surface area contributed by atoms with Gasteiger partial charge in [-0.05, 0) is 32.1 Å². The zero-order valence-electron chi connectivity index (χ0n) is 20.5. The molecule has 0 unspecified atom stereocenters. The Kier molecular flexibility index (Phi) is 23.4.